The molecular formula is C49H81N8O13P. The Kier molecular flexibility index (Phi) is 25.9. The molecule has 1 aromatic heterocycles. The summed E-state index contributed by atoms with van der Waals surface area (Å²) in [6.45, 7) is 13.1. The molecule has 1 saturated heterocycles. The van der Waals surface area contributed by atoms with Gasteiger partial charge < -0.3 is 60.8 Å². The zero-order valence-corrected chi connectivity index (χ0v) is 43.6. The van der Waals surface area contributed by atoms with Gasteiger partial charge in [0.25, 0.3) is 0 Å². The lowest BCUT2D eigenvalue weighted by Crippen LogP contribution is -2.61. The van der Waals surface area contributed by atoms with Gasteiger partial charge in [0.15, 0.2) is 0 Å². The fourth-order valence-corrected chi connectivity index (χ4v) is 8.83. The van der Waals surface area contributed by atoms with Crippen molar-refractivity contribution in [2.45, 2.75) is 186 Å². The third-order valence-electron chi connectivity index (χ3n) is 12.2. The molecule has 1 aliphatic rings. The summed E-state index contributed by atoms with van der Waals surface area (Å²) in [6.07, 6.45) is 10.4. The van der Waals surface area contributed by atoms with E-state index >= 15 is 0 Å². The minimum Gasteiger partial charge on any atom is -0.394 e. The second-order valence-electron chi connectivity index (χ2n) is 19.6. The highest BCUT2D eigenvalue weighted by Gasteiger charge is 2.38. The van der Waals surface area contributed by atoms with Crippen molar-refractivity contribution in [1.82, 2.24) is 35.7 Å². The number of aromatic nitrogens is 2. The number of phosphoric ester groups is 1. The lowest BCUT2D eigenvalue weighted by molar-refractivity contribution is -0.141. The van der Waals surface area contributed by atoms with E-state index in [0.29, 0.717) is 44.7 Å². The molecule has 2 heterocycles. The number of nitrogens with zero attached hydrogens (tertiary/aromatic N) is 3. The number of carbonyl (C=O) groups is 6. The zero-order valence-electron chi connectivity index (χ0n) is 42.7. The number of rotatable bonds is 34. The average molecular weight is 1020 g/mol. The Morgan fingerprint density at radius 1 is 0.859 bits per heavy atom. The highest BCUT2D eigenvalue weighted by molar-refractivity contribution is 7.46. The van der Waals surface area contributed by atoms with Crippen LogP contribution in [0.5, 0.6) is 0 Å². The minimum atomic E-state index is -5.13. The number of amides is 6. The maximum absolute atomic E-state index is 14.3. The number of aliphatic hydroxyl groups excluding tert-OH is 1. The van der Waals surface area contributed by atoms with E-state index in [2.05, 4.69) is 42.9 Å². The highest BCUT2D eigenvalue weighted by Crippen LogP contribution is 2.38. The summed E-state index contributed by atoms with van der Waals surface area (Å²) in [5.74, 6) is -4.92. The molecule has 1 fully saturated rings. The fourth-order valence-electron chi connectivity index (χ4n) is 8.27. The van der Waals surface area contributed by atoms with Crippen molar-refractivity contribution in [2.24, 2.45) is 11.7 Å². The zero-order chi connectivity index (χ0) is 52.7. The Labute approximate surface area is 418 Å². The van der Waals surface area contributed by atoms with E-state index in [4.69, 9.17) is 15.2 Å². The van der Waals surface area contributed by atoms with Crippen molar-refractivity contribution >= 4 is 43.3 Å². The van der Waals surface area contributed by atoms with E-state index in [-0.39, 0.29) is 43.8 Å². The number of ether oxygens (including phenoxy) is 2. The van der Waals surface area contributed by atoms with Crippen LogP contribution in [0.1, 0.15) is 130 Å². The number of carbonyl (C=O) groups excluding carboxylic acids is 6. The number of aliphatic hydroxyl groups is 1. The lowest BCUT2D eigenvalue weighted by atomic mass is 10.0. The Balaban J connectivity index is 1.76. The molecule has 0 radical (unpaired) electrons. The van der Waals surface area contributed by atoms with Crippen molar-refractivity contribution in [3.63, 3.8) is 0 Å². The number of aryl methyl sites for hydroxylation is 2. The number of unbranched alkanes of at least 4 members (excludes halogenated alkanes) is 5. The maximum Gasteiger partial charge on any atom is 0.469 e. The standard InChI is InChI=1S/C49H81N8O13P/c1-33(2)28-38(53-48(64)41-21-17-25-57(41)42(59)22-26-69-49(6,7)23-27-68-34(3)4)45(61)52-39(46(62)54-40(31-58)47(63)55-43(44(50)60)35(5)70-71(65,66)67)29-37-30-51-32-56(37)24-16-11-9-8-10-13-18-36-19-14-12-15-20-36/h12,14-15,19-20,30,32-35,38-41,43,58H,8-11,13,16-18,21-29,31H2,1-7H3,(H2,50,60)(H,52,61)(H,53,64)(H,54,62)(H,55,63)(H2,65,66,67)/t35-,38+,39+,40+,41+,43+/m1/s1. The number of nitrogens with one attached hydrogen (secondary N) is 4. The van der Waals surface area contributed by atoms with Gasteiger partial charge in [0.05, 0.1) is 43.8 Å². The Morgan fingerprint density at radius 2 is 1.49 bits per heavy atom. The van der Waals surface area contributed by atoms with Gasteiger partial charge in [-0.15, -0.1) is 0 Å². The average Bonchev–Trinajstić information content (AvgIpc) is 3.97. The summed E-state index contributed by atoms with van der Waals surface area (Å²) < 4.78 is 29.5. The van der Waals surface area contributed by atoms with Crippen molar-refractivity contribution in [3.8, 4) is 0 Å². The smallest absolute Gasteiger partial charge is 0.394 e. The Morgan fingerprint density at radius 3 is 2.13 bits per heavy atom. The fraction of sp³-hybridized carbons (Fsp3) is 0.694. The Bertz CT molecular complexity index is 2030. The first kappa shape index (κ1) is 60.5. The van der Waals surface area contributed by atoms with Crippen molar-refractivity contribution in [2.75, 3.05) is 26.4 Å². The summed E-state index contributed by atoms with van der Waals surface area (Å²) in [7, 11) is -5.13. The van der Waals surface area contributed by atoms with Gasteiger partial charge in [-0.25, -0.2) is 9.55 Å². The van der Waals surface area contributed by atoms with Crippen molar-refractivity contribution in [3.05, 3.63) is 54.1 Å². The molecule has 3 rings (SSSR count). The second-order valence-corrected chi connectivity index (χ2v) is 20.8. The number of primary amides is 1. The van der Waals surface area contributed by atoms with Gasteiger partial charge in [-0.1, -0.05) is 69.9 Å². The maximum atomic E-state index is 14.3. The molecule has 0 unspecified atom stereocenters. The summed E-state index contributed by atoms with van der Waals surface area (Å²) in [5, 5.41) is 20.4. The van der Waals surface area contributed by atoms with Crippen LogP contribution in [0.15, 0.2) is 42.9 Å². The first-order valence-electron chi connectivity index (χ1n) is 24.9. The van der Waals surface area contributed by atoms with Crippen LogP contribution in [0.3, 0.4) is 0 Å². The number of benzene rings is 1. The molecule has 2 aromatic rings. The molecule has 400 valence electrons. The number of nitrogens with two attached hydrogens (primary N) is 1. The van der Waals surface area contributed by atoms with E-state index < -0.39 is 85.9 Å². The van der Waals surface area contributed by atoms with Gasteiger partial charge >= 0.3 is 7.82 Å². The van der Waals surface area contributed by atoms with Gasteiger partial charge in [-0.2, -0.15) is 0 Å². The van der Waals surface area contributed by atoms with Crippen molar-refractivity contribution < 1.29 is 62.2 Å². The molecule has 71 heavy (non-hydrogen) atoms. The van der Waals surface area contributed by atoms with Gasteiger partial charge in [0.2, 0.25) is 35.4 Å². The van der Waals surface area contributed by atoms with Gasteiger partial charge in [0.1, 0.15) is 30.2 Å². The molecule has 0 bridgehead atoms. The molecule has 22 heteroatoms. The monoisotopic (exact) mass is 1020 g/mol. The number of hydrogen-bond donors (Lipinski definition) is 8. The highest BCUT2D eigenvalue weighted by atomic mass is 31.2. The van der Waals surface area contributed by atoms with E-state index in [9.17, 15) is 48.2 Å². The normalized spacial score (nSPS) is 16.3. The predicted molar refractivity (Wildman–Crippen MR) is 265 cm³/mol. The molecule has 0 spiro atoms. The summed E-state index contributed by atoms with van der Waals surface area (Å²) in [6, 6.07) is 3.42. The molecule has 21 nitrogen and oxygen atoms in total. The van der Waals surface area contributed by atoms with E-state index in [1.165, 1.54) is 10.5 Å². The van der Waals surface area contributed by atoms with Gasteiger partial charge in [-0.05, 0) is 91.0 Å². The topological polar surface area (TPSA) is 303 Å². The molecule has 0 saturated carbocycles. The number of likely N-dealkylation sites (tertiary alicyclic amines) is 1. The van der Waals surface area contributed by atoms with Crippen LogP contribution in [0.2, 0.25) is 0 Å². The molecule has 9 N–H and O–H groups in total. The third kappa shape index (κ3) is 22.7. The number of hydrogen-bond acceptors (Lipinski definition) is 12. The van der Waals surface area contributed by atoms with E-state index in [0.717, 1.165) is 51.9 Å². The van der Waals surface area contributed by atoms with E-state index in [1.807, 2.05) is 64.3 Å². The lowest BCUT2D eigenvalue weighted by Gasteiger charge is -2.29. The number of imidazole rings is 1. The molecule has 1 aliphatic heterocycles. The van der Waals surface area contributed by atoms with Crippen LogP contribution in [-0.2, 0) is 66.7 Å². The summed E-state index contributed by atoms with van der Waals surface area (Å²) in [4.78, 5) is 106. The van der Waals surface area contributed by atoms with Crippen LogP contribution in [0, 0.1) is 5.92 Å². The van der Waals surface area contributed by atoms with Gasteiger partial charge in [-0.3, -0.25) is 33.3 Å². The molecular weight excluding hydrogens is 940 g/mol. The van der Waals surface area contributed by atoms with Crippen LogP contribution < -0.4 is 27.0 Å². The first-order valence-corrected chi connectivity index (χ1v) is 26.5. The van der Waals surface area contributed by atoms with Crippen LogP contribution >= 0.6 is 7.82 Å². The largest absolute Gasteiger partial charge is 0.469 e. The molecule has 1 aromatic carbocycles. The SMILES string of the molecule is CC(C)C[C@H](NC(=O)[C@@H]1CCCN1C(=O)CCOC(C)(C)CCOC(C)C)C(=O)N[C@@H](Cc1cncn1CCCCCCCCc1ccccc1)C(=O)N[C@@H](CO)C(=O)N[C@H](C(N)=O)[C@@H](C)OP(=O)(O)O. The van der Waals surface area contributed by atoms with Gasteiger partial charge in [0, 0.05) is 38.0 Å². The second kappa shape index (κ2) is 30.3. The van der Waals surface area contributed by atoms with E-state index in [1.54, 1.807) is 12.5 Å². The third-order valence-corrected chi connectivity index (χ3v) is 12.8. The Hall–Kier alpha value is -4.76. The van der Waals surface area contributed by atoms with Crippen molar-refractivity contribution in [1.29, 1.82) is 0 Å². The molecule has 6 amide bonds. The quantitative estimate of drug-likeness (QED) is 0.0370. The predicted octanol–water partition coefficient (Wildman–Crippen LogP) is 2.96. The summed E-state index contributed by atoms with van der Waals surface area (Å²) >= 11 is 0. The van der Waals surface area contributed by atoms with Crippen LogP contribution in [-0.4, -0.2) is 139 Å². The van der Waals surface area contributed by atoms with Crippen LogP contribution in [0.4, 0.5) is 0 Å². The summed E-state index contributed by atoms with van der Waals surface area (Å²) in [5.41, 5.74) is 6.75. The minimum absolute atomic E-state index is 0.0486. The molecule has 0 aliphatic carbocycles. The molecule has 6 atom stereocenters. The number of phosphoric acid groups is 1. The first-order chi connectivity index (χ1) is 33.5. The van der Waals surface area contributed by atoms with Crippen LogP contribution in [0.25, 0.3) is 0 Å².